The van der Waals surface area contributed by atoms with Crippen molar-refractivity contribution in [1.82, 2.24) is 0 Å². The Balaban J connectivity index is 4.15. The molecule has 0 bridgehead atoms. The molecule has 0 amide bonds. The maximum absolute atomic E-state index is 5.97. The van der Waals surface area contributed by atoms with Crippen molar-refractivity contribution in [2.24, 2.45) is 5.92 Å². The summed E-state index contributed by atoms with van der Waals surface area (Å²) in [6, 6.07) is 0. The van der Waals surface area contributed by atoms with E-state index in [9.17, 15) is 0 Å². The van der Waals surface area contributed by atoms with Gasteiger partial charge in [-0.05, 0) is 37.8 Å². The molecular formula is C15H25Cl. The van der Waals surface area contributed by atoms with Gasteiger partial charge in [-0.3, -0.25) is 0 Å². The van der Waals surface area contributed by atoms with Crippen LogP contribution in [0.5, 0.6) is 0 Å². The summed E-state index contributed by atoms with van der Waals surface area (Å²) >= 11 is 5.97. The lowest BCUT2D eigenvalue weighted by atomic mass is 9.97. The molecule has 0 aliphatic rings. The average Bonchev–Trinajstić information content (AvgIpc) is 2.26. The number of allylic oxidation sites excluding steroid dienone is 6. The summed E-state index contributed by atoms with van der Waals surface area (Å²) in [5.41, 5.74) is 0. The molecule has 0 rings (SSSR count). The van der Waals surface area contributed by atoms with Crippen molar-refractivity contribution in [2.45, 2.75) is 52.9 Å². The predicted molar refractivity (Wildman–Crippen MR) is 75.8 cm³/mol. The van der Waals surface area contributed by atoms with Gasteiger partial charge >= 0.3 is 0 Å². The SMILES string of the molecule is C\C=C/C(Cl)=C\C=C\C(CCC)CCCC. The fourth-order valence-corrected chi connectivity index (χ4v) is 1.89. The molecule has 0 aromatic carbocycles. The van der Waals surface area contributed by atoms with Crippen LogP contribution in [0.25, 0.3) is 0 Å². The van der Waals surface area contributed by atoms with Crippen LogP contribution in [0.4, 0.5) is 0 Å². The van der Waals surface area contributed by atoms with E-state index in [2.05, 4.69) is 26.0 Å². The Bertz CT molecular complexity index is 236. The molecule has 0 aromatic rings. The maximum Gasteiger partial charge on any atom is 0.0402 e. The van der Waals surface area contributed by atoms with E-state index in [1.807, 2.05) is 25.2 Å². The number of halogens is 1. The molecule has 1 unspecified atom stereocenters. The van der Waals surface area contributed by atoms with Crippen LogP contribution in [-0.4, -0.2) is 0 Å². The average molecular weight is 241 g/mol. The number of rotatable bonds is 8. The second kappa shape index (κ2) is 11.0. The van der Waals surface area contributed by atoms with Gasteiger partial charge in [-0.2, -0.15) is 0 Å². The predicted octanol–water partition coefficient (Wildman–Crippen LogP) is 5.85. The van der Waals surface area contributed by atoms with Crippen LogP contribution in [0, 0.1) is 5.92 Å². The summed E-state index contributed by atoms with van der Waals surface area (Å²) in [5, 5.41) is 0.796. The molecule has 0 fully saturated rings. The third-order valence-electron chi connectivity index (χ3n) is 2.55. The van der Waals surface area contributed by atoms with Gasteiger partial charge < -0.3 is 0 Å². The number of hydrogen-bond donors (Lipinski definition) is 0. The highest BCUT2D eigenvalue weighted by Crippen LogP contribution is 2.16. The van der Waals surface area contributed by atoms with Crippen LogP contribution in [-0.2, 0) is 0 Å². The van der Waals surface area contributed by atoms with Gasteiger partial charge in [0.15, 0.2) is 0 Å². The molecule has 0 aromatic heterocycles. The Labute approximate surface area is 106 Å². The first-order valence-corrected chi connectivity index (χ1v) is 6.79. The van der Waals surface area contributed by atoms with E-state index in [1.54, 1.807) is 0 Å². The summed E-state index contributed by atoms with van der Waals surface area (Å²) < 4.78 is 0. The number of unbranched alkanes of at least 4 members (excludes halogenated alkanes) is 1. The Morgan fingerprint density at radius 3 is 2.50 bits per heavy atom. The van der Waals surface area contributed by atoms with Crippen LogP contribution >= 0.6 is 11.6 Å². The minimum Gasteiger partial charge on any atom is -0.0862 e. The summed E-state index contributed by atoms with van der Waals surface area (Å²) in [7, 11) is 0. The van der Waals surface area contributed by atoms with Crippen molar-refractivity contribution in [3.05, 3.63) is 35.4 Å². The Morgan fingerprint density at radius 1 is 1.19 bits per heavy atom. The minimum absolute atomic E-state index is 0.719. The quantitative estimate of drug-likeness (QED) is 0.467. The van der Waals surface area contributed by atoms with E-state index in [0.717, 1.165) is 11.0 Å². The first-order valence-electron chi connectivity index (χ1n) is 6.41. The molecule has 0 N–H and O–H groups in total. The standard InChI is InChI=1S/C15H25Cl/c1-4-7-11-14(9-5-2)12-8-13-15(16)10-6-3/h6,8,10,12-14H,4-5,7,9,11H2,1-3H3/b10-6-,12-8+,15-13+. The van der Waals surface area contributed by atoms with Gasteiger partial charge in [-0.1, -0.05) is 62.9 Å². The molecule has 16 heavy (non-hydrogen) atoms. The van der Waals surface area contributed by atoms with Gasteiger partial charge in [-0.25, -0.2) is 0 Å². The molecule has 1 heteroatoms. The third-order valence-corrected chi connectivity index (χ3v) is 2.80. The molecule has 0 aliphatic carbocycles. The maximum atomic E-state index is 5.97. The van der Waals surface area contributed by atoms with E-state index in [-0.39, 0.29) is 0 Å². The van der Waals surface area contributed by atoms with Crippen LogP contribution < -0.4 is 0 Å². The van der Waals surface area contributed by atoms with Crippen LogP contribution in [0.3, 0.4) is 0 Å². The molecule has 0 aliphatic heterocycles. The van der Waals surface area contributed by atoms with Crippen molar-refractivity contribution in [1.29, 1.82) is 0 Å². The Hall–Kier alpha value is -0.490. The van der Waals surface area contributed by atoms with Crippen LogP contribution in [0.15, 0.2) is 35.4 Å². The molecule has 0 spiro atoms. The first-order chi connectivity index (χ1) is 7.74. The summed E-state index contributed by atoms with van der Waals surface area (Å²) in [5.74, 6) is 0.719. The first kappa shape index (κ1) is 15.5. The summed E-state index contributed by atoms with van der Waals surface area (Å²) in [4.78, 5) is 0. The highest BCUT2D eigenvalue weighted by Gasteiger charge is 2.01. The lowest BCUT2D eigenvalue weighted by Crippen LogP contribution is -1.95. The Morgan fingerprint density at radius 2 is 1.94 bits per heavy atom. The largest absolute Gasteiger partial charge is 0.0862 e. The van der Waals surface area contributed by atoms with Crippen LogP contribution in [0.1, 0.15) is 52.9 Å². The molecule has 92 valence electrons. The topological polar surface area (TPSA) is 0 Å². The molecular weight excluding hydrogens is 216 g/mol. The minimum atomic E-state index is 0.719. The van der Waals surface area contributed by atoms with E-state index < -0.39 is 0 Å². The molecule has 0 heterocycles. The molecule has 0 radical (unpaired) electrons. The molecule has 0 saturated carbocycles. The van der Waals surface area contributed by atoms with Crippen molar-refractivity contribution in [2.75, 3.05) is 0 Å². The fraction of sp³-hybridized carbons (Fsp3) is 0.600. The van der Waals surface area contributed by atoms with Gasteiger partial charge in [0.05, 0.1) is 0 Å². The van der Waals surface area contributed by atoms with Gasteiger partial charge in [0.25, 0.3) is 0 Å². The van der Waals surface area contributed by atoms with E-state index >= 15 is 0 Å². The fourth-order valence-electron chi connectivity index (χ4n) is 1.69. The zero-order valence-corrected chi connectivity index (χ0v) is 11.6. The molecule has 1 atom stereocenters. The Kier molecular flexibility index (Phi) is 10.7. The third kappa shape index (κ3) is 8.79. The van der Waals surface area contributed by atoms with Crippen LogP contribution in [0.2, 0.25) is 0 Å². The summed E-state index contributed by atoms with van der Waals surface area (Å²) in [6.45, 7) is 6.46. The van der Waals surface area contributed by atoms with E-state index in [0.29, 0.717) is 0 Å². The lowest BCUT2D eigenvalue weighted by Gasteiger charge is -2.09. The van der Waals surface area contributed by atoms with Crippen molar-refractivity contribution in [3.8, 4) is 0 Å². The van der Waals surface area contributed by atoms with Gasteiger partial charge in [0.2, 0.25) is 0 Å². The van der Waals surface area contributed by atoms with Crippen molar-refractivity contribution in [3.63, 3.8) is 0 Å². The zero-order valence-electron chi connectivity index (χ0n) is 10.9. The highest BCUT2D eigenvalue weighted by molar-refractivity contribution is 6.31. The highest BCUT2D eigenvalue weighted by atomic mass is 35.5. The smallest absolute Gasteiger partial charge is 0.0402 e. The monoisotopic (exact) mass is 240 g/mol. The zero-order chi connectivity index (χ0) is 12.2. The summed E-state index contributed by atoms with van der Waals surface area (Å²) in [6.07, 6.45) is 16.7. The second-order valence-electron chi connectivity index (χ2n) is 4.13. The van der Waals surface area contributed by atoms with Gasteiger partial charge in [0, 0.05) is 5.03 Å². The lowest BCUT2D eigenvalue weighted by molar-refractivity contribution is 0.512. The molecule has 0 nitrogen and oxygen atoms in total. The molecule has 0 saturated heterocycles. The van der Waals surface area contributed by atoms with Crippen molar-refractivity contribution < 1.29 is 0 Å². The van der Waals surface area contributed by atoms with Gasteiger partial charge in [-0.15, -0.1) is 0 Å². The second-order valence-corrected chi connectivity index (χ2v) is 4.56. The van der Waals surface area contributed by atoms with E-state index in [4.69, 9.17) is 11.6 Å². The number of hydrogen-bond acceptors (Lipinski definition) is 0. The van der Waals surface area contributed by atoms with Gasteiger partial charge in [0.1, 0.15) is 0 Å². The van der Waals surface area contributed by atoms with Crippen molar-refractivity contribution >= 4 is 11.6 Å². The van der Waals surface area contributed by atoms with E-state index in [1.165, 1.54) is 32.1 Å². The normalized spacial score (nSPS) is 15.1.